The molecule has 0 aliphatic heterocycles. The van der Waals surface area contributed by atoms with Crippen LogP contribution in [0.5, 0.6) is 0 Å². The van der Waals surface area contributed by atoms with Crippen molar-refractivity contribution in [1.29, 1.82) is 0 Å². The molecule has 0 radical (unpaired) electrons. The average molecular weight is 365 g/mol. The Labute approximate surface area is 149 Å². The molecule has 0 spiro atoms. The first-order valence-corrected chi connectivity index (χ1v) is 10.4. The van der Waals surface area contributed by atoms with E-state index in [1.807, 2.05) is 58.2 Å². The molecule has 1 unspecified atom stereocenters. The maximum Gasteiger partial charge on any atom is 0.297 e. The van der Waals surface area contributed by atoms with Crippen molar-refractivity contribution in [1.82, 2.24) is 0 Å². The third-order valence-corrected chi connectivity index (χ3v) is 5.74. The van der Waals surface area contributed by atoms with Gasteiger partial charge in [0.2, 0.25) is 0 Å². The van der Waals surface area contributed by atoms with E-state index in [4.69, 9.17) is 4.18 Å². The lowest BCUT2D eigenvalue weighted by Crippen LogP contribution is -2.24. The van der Waals surface area contributed by atoms with Gasteiger partial charge in [0.15, 0.2) is 0 Å². The molecule has 2 rings (SSSR count). The van der Waals surface area contributed by atoms with Gasteiger partial charge in [-0.1, -0.05) is 50.6 Å². The smallest absolute Gasteiger partial charge is 0.258 e. The second-order valence-electron chi connectivity index (χ2n) is 6.89. The Kier molecular flexibility index (Phi) is 5.78. The lowest BCUT2D eigenvalue weighted by atomic mass is 9.85. The summed E-state index contributed by atoms with van der Waals surface area (Å²) in [6.45, 7) is 7.86. The summed E-state index contributed by atoms with van der Waals surface area (Å²) in [6.07, 6.45) is 1.44. The van der Waals surface area contributed by atoms with E-state index in [0.717, 1.165) is 16.0 Å². The molecule has 0 aliphatic carbocycles. The standard InChI is InChI=1S/C19H24O3S2/c1-14-9-11-17(12-10-14)24(20,21)22-18(19(2,3)4)15-7-6-8-16(13-15)23-5/h6-13,18H,1-5H3. The molecule has 2 aromatic carbocycles. The fourth-order valence-electron chi connectivity index (χ4n) is 2.39. The van der Waals surface area contributed by atoms with Crippen LogP contribution in [0.3, 0.4) is 0 Å². The van der Waals surface area contributed by atoms with E-state index in [1.165, 1.54) is 0 Å². The zero-order valence-electron chi connectivity index (χ0n) is 14.7. The summed E-state index contributed by atoms with van der Waals surface area (Å²) in [4.78, 5) is 1.27. The molecule has 0 amide bonds. The quantitative estimate of drug-likeness (QED) is 0.539. The van der Waals surface area contributed by atoms with Gasteiger partial charge < -0.3 is 0 Å². The van der Waals surface area contributed by atoms with Crippen LogP contribution in [-0.2, 0) is 14.3 Å². The van der Waals surface area contributed by atoms with Crippen molar-refractivity contribution >= 4 is 21.9 Å². The van der Waals surface area contributed by atoms with Gasteiger partial charge in [-0.3, -0.25) is 4.18 Å². The second-order valence-corrected chi connectivity index (χ2v) is 9.34. The summed E-state index contributed by atoms with van der Waals surface area (Å²) < 4.78 is 31.1. The highest BCUT2D eigenvalue weighted by Gasteiger charge is 2.33. The third kappa shape index (κ3) is 4.62. The Morgan fingerprint density at radius 3 is 2.21 bits per heavy atom. The fraction of sp³-hybridized carbons (Fsp3) is 0.368. The minimum Gasteiger partial charge on any atom is -0.258 e. The Hall–Kier alpha value is -1.30. The fourth-order valence-corrected chi connectivity index (χ4v) is 4.09. The predicted octanol–water partition coefficient (Wildman–Crippen LogP) is 5.21. The summed E-state index contributed by atoms with van der Waals surface area (Å²) in [5, 5.41) is 0. The highest BCUT2D eigenvalue weighted by molar-refractivity contribution is 7.98. The number of hydrogen-bond donors (Lipinski definition) is 0. The lowest BCUT2D eigenvalue weighted by molar-refractivity contribution is 0.0932. The molecule has 0 heterocycles. The number of benzene rings is 2. The zero-order valence-corrected chi connectivity index (χ0v) is 16.4. The second kappa shape index (κ2) is 7.30. The van der Waals surface area contributed by atoms with Gasteiger partial charge in [-0.2, -0.15) is 8.42 Å². The summed E-state index contributed by atoms with van der Waals surface area (Å²) >= 11 is 1.62. The largest absolute Gasteiger partial charge is 0.297 e. The first kappa shape index (κ1) is 19.0. The molecule has 0 aromatic heterocycles. The molecule has 130 valence electrons. The number of hydrogen-bond acceptors (Lipinski definition) is 4. The van der Waals surface area contributed by atoms with Gasteiger partial charge in [-0.15, -0.1) is 11.8 Å². The highest BCUT2D eigenvalue weighted by Crippen LogP contribution is 2.39. The van der Waals surface area contributed by atoms with E-state index < -0.39 is 16.2 Å². The van der Waals surface area contributed by atoms with Gasteiger partial charge in [0.25, 0.3) is 10.1 Å². The van der Waals surface area contributed by atoms with Gasteiger partial charge in [0.1, 0.15) is 6.10 Å². The molecule has 0 saturated carbocycles. The van der Waals surface area contributed by atoms with Gasteiger partial charge in [0.05, 0.1) is 4.90 Å². The molecule has 0 saturated heterocycles. The Bertz CT molecular complexity index is 788. The van der Waals surface area contributed by atoms with Crippen LogP contribution < -0.4 is 0 Å². The van der Waals surface area contributed by atoms with Crippen molar-refractivity contribution in [2.45, 2.75) is 43.6 Å². The molecular weight excluding hydrogens is 340 g/mol. The molecule has 0 bridgehead atoms. The summed E-state index contributed by atoms with van der Waals surface area (Å²) in [6, 6.07) is 14.6. The summed E-state index contributed by atoms with van der Waals surface area (Å²) in [7, 11) is -3.83. The highest BCUT2D eigenvalue weighted by atomic mass is 32.2. The molecule has 0 aliphatic rings. The SMILES string of the molecule is CSc1cccc(C(OS(=O)(=O)c2ccc(C)cc2)C(C)(C)C)c1. The Balaban J connectivity index is 2.40. The molecule has 2 aromatic rings. The normalized spacial score (nSPS) is 13.7. The number of thioether (sulfide) groups is 1. The number of rotatable bonds is 5. The molecule has 3 nitrogen and oxygen atoms in total. The van der Waals surface area contributed by atoms with Crippen molar-refractivity contribution < 1.29 is 12.6 Å². The van der Waals surface area contributed by atoms with E-state index in [-0.39, 0.29) is 10.3 Å². The van der Waals surface area contributed by atoms with Gasteiger partial charge in [-0.05, 0) is 48.4 Å². The maximum atomic E-state index is 12.7. The Morgan fingerprint density at radius 1 is 1.04 bits per heavy atom. The van der Waals surface area contributed by atoms with Gasteiger partial charge in [0, 0.05) is 4.90 Å². The van der Waals surface area contributed by atoms with E-state index in [9.17, 15) is 8.42 Å². The van der Waals surface area contributed by atoms with Crippen LogP contribution >= 0.6 is 11.8 Å². The molecule has 1 atom stereocenters. The van der Waals surface area contributed by atoms with Crippen LogP contribution in [0.15, 0.2) is 58.3 Å². The van der Waals surface area contributed by atoms with Crippen LogP contribution in [-0.4, -0.2) is 14.7 Å². The summed E-state index contributed by atoms with van der Waals surface area (Å²) in [5.41, 5.74) is 1.51. The van der Waals surface area contributed by atoms with Crippen molar-refractivity contribution in [3.63, 3.8) is 0 Å². The van der Waals surface area contributed by atoms with E-state index in [2.05, 4.69) is 0 Å². The molecule has 0 N–H and O–H groups in total. The monoisotopic (exact) mass is 364 g/mol. The third-order valence-electron chi connectivity index (χ3n) is 3.72. The van der Waals surface area contributed by atoms with Gasteiger partial charge in [-0.25, -0.2) is 0 Å². The first-order valence-electron chi connectivity index (χ1n) is 7.77. The molecular formula is C19H24O3S2. The van der Waals surface area contributed by atoms with Crippen molar-refractivity contribution in [3.8, 4) is 0 Å². The van der Waals surface area contributed by atoms with E-state index in [1.54, 1.807) is 36.0 Å². The predicted molar refractivity (Wildman–Crippen MR) is 99.9 cm³/mol. The zero-order chi connectivity index (χ0) is 18.0. The van der Waals surface area contributed by atoms with Crippen molar-refractivity contribution in [3.05, 3.63) is 59.7 Å². The molecule has 0 fully saturated rings. The minimum atomic E-state index is -3.83. The summed E-state index contributed by atoms with van der Waals surface area (Å²) in [5.74, 6) is 0. The van der Waals surface area contributed by atoms with Crippen LogP contribution in [0.1, 0.15) is 38.0 Å². The van der Waals surface area contributed by atoms with Crippen LogP contribution in [0.2, 0.25) is 0 Å². The maximum absolute atomic E-state index is 12.7. The Morgan fingerprint density at radius 2 is 1.67 bits per heavy atom. The lowest BCUT2D eigenvalue weighted by Gasteiger charge is -2.30. The van der Waals surface area contributed by atoms with E-state index >= 15 is 0 Å². The minimum absolute atomic E-state index is 0.184. The van der Waals surface area contributed by atoms with Crippen LogP contribution in [0.25, 0.3) is 0 Å². The van der Waals surface area contributed by atoms with Crippen molar-refractivity contribution in [2.75, 3.05) is 6.26 Å². The van der Waals surface area contributed by atoms with Crippen LogP contribution in [0, 0.1) is 12.3 Å². The van der Waals surface area contributed by atoms with Gasteiger partial charge >= 0.3 is 0 Å². The van der Waals surface area contributed by atoms with E-state index in [0.29, 0.717) is 0 Å². The average Bonchev–Trinajstić information content (AvgIpc) is 2.52. The topological polar surface area (TPSA) is 43.4 Å². The van der Waals surface area contributed by atoms with Crippen molar-refractivity contribution in [2.24, 2.45) is 5.41 Å². The molecule has 24 heavy (non-hydrogen) atoms. The molecule has 5 heteroatoms. The number of aryl methyl sites for hydroxylation is 1. The van der Waals surface area contributed by atoms with Crippen LogP contribution in [0.4, 0.5) is 0 Å². The first-order chi connectivity index (χ1) is 11.1.